The average Bonchev–Trinajstić information content (AvgIpc) is 2.91. The van der Waals surface area contributed by atoms with Crippen molar-refractivity contribution in [3.8, 4) is 0 Å². The molecule has 2 N–H and O–H groups in total. The Hall–Kier alpha value is -4.05. The first-order chi connectivity index (χ1) is 21.0. The minimum Gasteiger partial charge on any atom is -0.456 e. The van der Waals surface area contributed by atoms with Crippen molar-refractivity contribution in [2.45, 2.75) is 91.0 Å². The van der Waals surface area contributed by atoms with Gasteiger partial charge >= 0.3 is 12.1 Å². The summed E-state index contributed by atoms with van der Waals surface area (Å²) in [6.45, 7) is 12.6. The van der Waals surface area contributed by atoms with Crippen LogP contribution >= 0.6 is 0 Å². The van der Waals surface area contributed by atoms with Crippen LogP contribution in [0.4, 0.5) is 14.9 Å². The number of anilines is 1. The monoisotopic (exact) mass is 621 g/mol. The minimum atomic E-state index is -0.684. The van der Waals surface area contributed by atoms with E-state index in [0.717, 1.165) is 24.9 Å². The maximum atomic E-state index is 14.3. The Bertz CT molecular complexity index is 1520. The number of ketones is 2. The van der Waals surface area contributed by atoms with Crippen LogP contribution in [0.3, 0.4) is 0 Å². The lowest BCUT2D eigenvalue weighted by atomic mass is 9.86. The van der Waals surface area contributed by atoms with E-state index in [-0.39, 0.29) is 36.0 Å². The van der Waals surface area contributed by atoms with Crippen LogP contribution in [0.15, 0.2) is 35.9 Å². The third-order valence-electron chi connectivity index (χ3n) is 7.57. The summed E-state index contributed by atoms with van der Waals surface area (Å²) in [5.41, 5.74) is 2.18. The lowest BCUT2D eigenvalue weighted by Crippen LogP contribution is -2.48. The zero-order valence-electron chi connectivity index (χ0n) is 27.3. The van der Waals surface area contributed by atoms with E-state index < -0.39 is 29.1 Å². The fourth-order valence-electron chi connectivity index (χ4n) is 5.64. The Morgan fingerprint density at radius 3 is 2.38 bits per heavy atom. The smallest absolute Gasteiger partial charge is 0.407 e. The molecule has 45 heavy (non-hydrogen) atoms. The van der Waals surface area contributed by atoms with Crippen molar-refractivity contribution in [1.29, 1.82) is 0 Å². The van der Waals surface area contributed by atoms with Gasteiger partial charge in [0.1, 0.15) is 17.0 Å². The number of carbonyl (C=O) groups is 4. The summed E-state index contributed by atoms with van der Waals surface area (Å²) in [5.74, 6) is -1.64. The molecule has 1 aliphatic heterocycles. The number of fused-ring (bicyclic) bond motifs is 1. The van der Waals surface area contributed by atoms with Crippen molar-refractivity contribution in [1.82, 2.24) is 10.2 Å². The molecule has 2 aromatic rings. The molecule has 2 aliphatic rings. The van der Waals surface area contributed by atoms with Crippen LogP contribution in [0.5, 0.6) is 0 Å². The molecule has 242 valence electrons. The molecule has 1 fully saturated rings. The largest absolute Gasteiger partial charge is 0.456 e. The Kier molecular flexibility index (Phi) is 10.2. The maximum absolute atomic E-state index is 14.3. The molecule has 1 aliphatic carbocycles. The van der Waals surface area contributed by atoms with E-state index in [1.165, 1.54) is 18.2 Å². The highest BCUT2D eigenvalue weighted by atomic mass is 19.1. The van der Waals surface area contributed by atoms with Gasteiger partial charge in [0.05, 0.1) is 11.1 Å². The van der Waals surface area contributed by atoms with Crippen molar-refractivity contribution in [3.05, 3.63) is 69.5 Å². The second-order valence-electron chi connectivity index (χ2n) is 13.7. The fourth-order valence-corrected chi connectivity index (χ4v) is 5.64. The molecule has 9 nitrogen and oxygen atoms in total. The van der Waals surface area contributed by atoms with Crippen LogP contribution in [0.2, 0.25) is 0 Å². The average molecular weight is 622 g/mol. The number of carbonyl (C=O) groups excluding carboxylic acids is 4. The highest BCUT2D eigenvalue weighted by molar-refractivity contribution is 6.25. The van der Waals surface area contributed by atoms with Crippen LogP contribution in [0.25, 0.3) is 6.08 Å². The highest BCUT2D eigenvalue weighted by Gasteiger charge is 2.29. The molecule has 1 atom stereocenters. The summed E-state index contributed by atoms with van der Waals surface area (Å²) in [7, 11) is 1.66. The zero-order valence-corrected chi connectivity index (χ0v) is 27.3. The molecule has 0 radical (unpaired) electrons. The number of allylic oxidation sites excluding steroid dienone is 1. The number of hydrogen-bond donors (Lipinski definition) is 2. The number of esters is 1. The number of alkyl carbamates (subject to hydrolysis) is 1. The first-order valence-electron chi connectivity index (χ1n) is 15.4. The number of nitrogens with one attached hydrogen (secondary N) is 2. The molecule has 1 amide bonds. The van der Waals surface area contributed by atoms with Crippen molar-refractivity contribution in [2.24, 2.45) is 0 Å². The Morgan fingerprint density at radius 1 is 1.00 bits per heavy atom. The van der Waals surface area contributed by atoms with Gasteiger partial charge < -0.3 is 20.1 Å². The van der Waals surface area contributed by atoms with E-state index in [1.54, 1.807) is 46.0 Å². The molecule has 0 bridgehead atoms. The van der Waals surface area contributed by atoms with E-state index in [9.17, 15) is 23.6 Å². The molecule has 0 spiro atoms. The lowest BCUT2D eigenvalue weighted by Gasteiger charge is -2.34. The second kappa shape index (κ2) is 13.5. The number of piperidine rings is 1. The van der Waals surface area contributed by atoms with Crippen molar-refractivity contribution in [2.75, 3.05) is 25.5 Å². The van der Waals surface area contributed by atoms with Gasteiger partial charge in [-0.15, -0.1) is 0 Å². The van der Waals surface area contributed by atoms with Gasteiger partial charge in [-0.05, 0) is 114 Å². The third-order valence-corrected chi connectivity index (χ3v) is 7.57. The maximum Gasteiger partial charge on any atom is 0.407 e. The van der Waals surface area contributed by atoms with Gasteiger partial charge in [0.2, 0.25) is 0 Å². The lowest BCUT2D eigenvalue weighted by molar-refractivity contribution is -0.120. The van der Waals surface area contributed by atoms with Gasteiger partial charge in [-0.3, -0.25) is 14.5 Å². The normalized spacial score (nSPS) is 17.2. The molecule has 1 saturated heterocycles. The number of amides is 1. The van der Waals surface area contributed by atoms with E-state index in [0.29, 0.717) is 41.0 Å². The predicted molar refractivity (Wildman–Crippen MR) is 171 cm³/mol. The number of rotatable bonds is 8. The number of halogens is 1. The van der Waals surface area contributed by atoms with E-state index in [1.807, 2.05) is 20.8 Å². The van der Waals surface area contributed by atoms with Gasteiger partial charge in [0.15, 0.2) is 11.6 Å². The number of Topliss-reactive ketones (excluding diaryl/α,β-unsaturated/α-hetero) is 2. The predicted octanol–water partition coefficient (Wildman–Crippen LogP) is 5.63. The minimum absolute atomic E-state index is 0.00634. The second-order valence-corrected chi connectivity index (χ2v) is 13.7. The summed E-state index contributed by atoms with van der Waals surface area (Å²) < 4.78 is 25.3. The van der Waals surface area contributed by atoms with Crippen molar-refractivity contribution < 1.29 is 33.0 Å². The summed E-state index contributed by atoms with van der Waals surface area (Å²) in [6.07, 6.45) is 2.56. The number of nitrogens with zero attached hydrogens (tertiary/aromatic N) is 1. The first-order valence-corrected chi connectivity index (χ1v) is 15.4. The van der Waals surface area contributed by atoms with E-state index >= 15 is 0 Å². The van der Waals surface area contributed by atoms with Crippen molar-refractivity contribution >= 4 is 35.4 Å². The molecule has 10 heteroatoms. The number of ether oxygens (including phenoxy) is 2. The third kappa shape index (κ3) is 9.23. The molecule has 0 saturated carbocycles. The number of hydrogen-bond acceptors (Lipinski definition) is 8. The Labute approximate surface area is 264 Å². The van der Waals surface area contributed by atoms with Crippen LogP contribution in [0.1, 0.15) is 87.0 Å². The number of benzene rings is 2. The topological polar surface area (TPSA) is 114 Å². The summed E-state index contributed by atoms with van der Waals surface area (Å²) in [6, 6.07) is 7.63. The van der Waals surface area contributed by atoms with Crippen LogP contribution in [0, 0.1) is 5.82 Å². The van der Waals surface area contributed by atoms with Gasteiger partial charge in [-0.25, -0.2) is 14.0 Å². The summed E-state index contributed by atoms with van der Waals surface area (Å²) in [5, 5.41) is 5.87. The van der Waals surface area contributed by atoms with E-state index in [2.05, 4.69) is 15.5 Å². The van der Waals surface area contributed by atoms with Gasteiger partial charge in [-0.2, -0.15) is 0 Å². The quantitative estimate of drug-likeness (QED) is 0.288. The van der Waals surface area contributed by atoms with E-state index in [4.69, 9.17) is 9.47 Å². The molecule has 1 unspecified atom stereocenters. The van der Waals surface area contributed by atoms with Crippen LogP contribution in [-0.2, 0) is 38.4 Å². The molecule has 4 rings (SSSR count). The standard InChI is InChI=1S/C35H44FN3O6/c1-34(2,3)44-32(42)22-11-10-21(16-30(40)28-15-23-14-25(36)17-29(37-7)27(23)18-31(28)41)24(13-22)19-39-12-8-9-26(20-39)38-33(43)45-35(4,5)6/h10-11,13-15,17,26,37H,8-9,12,16,18-20H2,1-7H3,(H,38,43). The molecular formula is C35H44FN3O6. The van der Waals surface area contributed by atoms with Crippen LogP contribution in [-0.4, -0.2) is 65.9 Å². The molecule has 2 aromatic carbocycles. The molecule has 1 heterocycles. The highest BCUT2D eigenvalue weighted by Crippen LogP contribution is 2.30. The number of likely N-dealkylation sites (tertiary alicyclic amines) is 1. The summed E-state index contributed by atoms with van der Waals surface area (Å²) >= 11 is 0. The first kappa shape index (κ1) is 33.8. The molecule has 0 aromatic heterocycles. The SMILES string of the molecule is CNc1cc(F)cc2c1CC(=O)C(C(=O)Cc1ccc(C(=O)OC(C)(C)C)cc1CN1CCCC(NC(=O)OC(C)(C)C)C1)=C2. The van der Waals surface area contributed by atoms with Crippen LogP contribution < -0.4 is 10.6 Å². The zero-order chi connectivity index (χ0) is 33.1. The Balaban J connectivity index is 1.59. The van der Waals surface area contributed by atoms with Crippen molar-refractivity contribution in [3.63, 3.8) is 0 Å². The molecular weight excluding hydrogens is 577 g/mol. The Morgan fingerprint density at radius 2 is 1.71 bits per heavy atom. The van der Waals surface area contributed by atoms with Gasteiger partial charge in [0, 0.05) is 44.7 Å². The summed E-state index contributed by atoms with van der Waals surface area (Å²) in [4.78, 5) is 54.2. The van der Waals surface area contributed by atoms with Gasteiger partial charge in [0.25, 0.3) is 0 Å². The van der Waals surface area contributed by atoms with Gasteiger partial charge in [-0.1, -0.05) is 6.07 Å². The fraction of sp³-hybridized carbons (Fsp3) is 0.486.